The molecule has 104 valence electrons. The molecule has 2 heterocycles. The summed E-state index contributed by atoms with van der Waals surface area (Å²) in [5, 5.41) is 4.90. The van der Waals surface area contributed by atoms with Crippen molar-refractivity contribution in [2.75, 3.05) is 13.1 Å². The van der Waals surface area contributed by atoms with E-state index in [1.807, 2.05) is 25.3 Å². The summed E-state index contributed by atoms with van der Waals surface area (Å²) in [7, 11) is 0. The standard InChI is InChI=1S/C14H20N2O2S/c1-3-14(4-2)13(18)16(10-12(17)15-14)8-7-11-6-5-9-19-11/h5-6,9H,3-4,7-8,10H2,1-2H3,(H,15,17). The molecule has 0 unspecified atom stereocenters. The van der Waals surface area contributed by atoms with Gasteiger partial charge in [-0.15, -0.1) is 11.3 Å². The molecule has 1 aromatic rings. The van der Waals surface area contributed by atoms with Crippen molar-refractivity contribution < 1.29 is 9.59 Å². The minimum atomic E-state index is -0.690. The second kappa shape index (κ2) is 5.74. The zero-order chi connectivity index (χ0) is 13.9. The summed E-state index contributed by atoms with van der Waals surface area (Å²) in [6.07, 6.45) is 2.10. The van der Waals surface area contributed by atoms with Crippen molar-refractivity contribution in [2.45, 2.75) is 38.6 Å². The smallest absolute Gasteiger partial charge is 0.248 e. The number of amides is 2. The summed E-state index contributed by atoms with van der Waals surface area (Å²) in [6, 6.07) is 4.07. The van der Waals surface area contributed by atoms with E-state index < -0.39 is 5.54 Å². The number of rotatable bonds is 5. The Morgan fingerprint density at radius 3 is 2.68 bits per heavy atom. The second-order valence-corrected chi connectivity index (χ2v) is 5.93. The molecule has 0 aromatic carbocycles. The number of carbonyl (C=O) groups is 2. The van der Waals surface area contributed by atoms with E-state index in [-0.39, 0.29) is 18.4 Å². The molecule has 5 heteroatoms. The predicted octanol–water partition coefficient (Wildman–Crippen LogP) is 1.81. The quantitative estimate of drug-likeness (QED) is 0.894. The number of thiophene rings is 1. The number of carbonyl (C=O) groups excluding carboxylic acids is 2. The van der Waals surface area contributed by atoms with Crippen LogP contribution in [0.3, 0.4) is 0 Å². The highest BCUT2D eigenvalue weighted by Gasteiger charge is 2.43. The Hall–Kier alpha value is -1.36. The van der Waals surface area contributed by atoms with Crippen molar-refractivity contribution in [2.24, 2.45) is 0 Å². The van der Waals surface area contributed by atoms with Crippen molar-refractivity contribution in [1.82, 2.24) is 10.2 Å². The van der Waals surface area contributed by atoms with E-state index in [0.717, 1.165) is 6.42 Å². The van der Waals surface area contributed by atoms with Gasteiger partial charge < -0.3 is 10.2 Å². The molecular weight excluding hydrogens is 260 g/mol. The Balaban J connectivity index is 2.07. The Labute approximate surface area is 117 Å². The molecule has 0 aliphatic carbocycles. The Kier molecular flexibility index (Phi) is 4.24. The van der Waals surface area contributed by atoms with E-state index in [0.29, 0.717) is 19.4 Å². The normalized spacial score (nSPS) is 18.5. The van der Waals surface area contributed by atoms with Gasteiger partial charge in [-0.2, -0.15) is 0 Å². The second-order valence-electron chi connectivity index (χ2n) is 4.89. The van der Waals surface area contributed by atoms with Gasteiger partial charge in [-0.25, -0.2) is 0 Å². The molecule has 1 fully saturated rings. The van der Waals surface area contributed by atoms with Gasteiger partial charge in [0.1, 0.15) is 5.54 Å². The third-order valence-electron chi connectivity index (χ3n) is 3.83. The van der Waals surface area contributed by atoms with Gasteiger partial charge in [0.15, 0.2) is 0 Å². The fourth-order valence-corrected chi connectivity index (χ4v) is 3.22. The van der Waals surface area contributed by atoms with E-state index in [2.05, 4.69) is 11.4 Å². The van der Waals surface area contributed by atoms with Crippen molar-refractivity contribution in [1.29, 1.82) is 0 Å². The third kappa shape index (κ3) is 2.81. The highest BCUT2D eigenvalue weighted by atomic mass is 32.1. The molecule has 1 aromatic heterocycles. The first-order chi connectivity index (χ1) is 9.11. The van der Waals surface area contributed by atoms with Crippen LogP contribution in [-0.4, -0.2) is 35.3 Å². The summed E-state index contributed by atoms with van der Waals surface area (Å²) >= 11 is 1.69. The van der Waals surface area contributed by atoms with Gasteiger partial charge in [-0.05, 0) is 30.7 Å². The van der Waals surface area contributed by atoms with E-state index in [1.54, 1.807) is 16.2 Å². The molecule has 0 atom stereocenters. The van der Waals surface area contributed by atoms with Crippen LogP contribution in [0.15, 0.2) is 17.5 Å². The molecule has 2 rings (SSSR count). The Morgan fingerprint density at radius 2 is 2.11 bits per heavy atom. The summed E-state index contributed by atoms with van der Waals surface area (Å²) in [5.41, 5.74) is -0.690. The monoisotopic (exact) mass is 280 g/mol. The maximum absolute atomic E-state index is 12.5. The zero-order valence-electron chi connectivity index (χ0n) is 11.4. The maximum Gasteiger partial charge on any atom is 0.248 e. The van der Waals surface area contributed by atoms with Crippen LogP contribution in [0.5, 0.6) is 0 Å². The van der Waals surface area contributed by atoms with E-state index in [4.69, 9.17) is 0 Å². The number of nitrogens with one attached hydrogen (secondary N) is 1. The first-order valence-corrected chi connectivity index (χ1v) is 7.62. The van der Waals surface area contributed by atoms with Crippen molar-refractivity contribution in [3.05, 3.63) is 22.4 Å². The summed E-state index contributed by atoms with van der Waals surface area (Å²) in [6.45, 7) is 4.70. The van der Waals surface area contributed by atoms with Crippen LogP contribution in [0.25, 0.3) is 0 Å². The first-order valence-electron chi connectivity index (χ1n) is 6.74. The van der Waals surface area contributed by atoms with E-state index in [9.17, 15) is 9.59 Å². The Morgan fingerprint density at radius 1 is 1.37 bits per heavy atom. The fourth-order valence-electron chi connectivity index (χ4n) is 2.52. The first kappa shape index (κ1) is 14.1. The highest BCUT2D eigenvalue weighted by molar-refractivity contribution is 7.09. The molecule has 1 aliphatic heterocycles. The molecular formula is C14H20N2O2S. The lowest BCUT2D eigenvalue weighted by Crippen LogP contribution is -2.66. The Bertz CT molecular complexity index is 452. The van der Waals surface area contributed by atoms with Gasteiger partial charge >= 0.3 is 0 Å². The van der Waals surface area contributed by atoms with Crippen molar-refractivity contribution in [3.63, 3.8) is 0 Å². The molecule has 2 amide bonds. The molecule has 1 aliphatic rings. The minimum Gasteiger partial charge on any atom is -0.340 e. The van der Waals surface area contributed by atoms with Crippen LogP contribution in [-0.2, 0) is 16.0 Å². The van der Waals surface area contributed by atoms with Gasteiger partial charge in [-0.3, -0.25) is 9.59 Å². The lowest BCUT2D eigenvalue weighted by Gasteiger charge is -2.41. The summed E-state index contributed by atoms with van der Waals surface area (Å²) in [5.74, 6) is 0.0168. The number of hydrogen-bond acceptors (Lipinski definition) is 3. The van der Waals surface area contributed by atoms with Crippen LogP contribution >= 0.6 is 11.3 Å². The molecule has 1 saturated heterocycles. The highest BCUT2D eigenvalue weighted by Crippen LogP contribution is 2.22. The van der Waals surface area contributed by atoms with Crippen LogP contribution in [0.2, 0.25) is 0 Å². The van der Waals surface area contributed by atoms with Gasteiger partial charge in [0.2, 0.25) is 11.8 Å². The van der Waals surface area contributed by atoms with E-state index >= 15 is 0 Å². The van der Waals surface area contributed by atoms with Crippen molar-refractivity contribution >= 4 is 23.2 Å². The molecule has 0 bridgehead atoms. The van der Waals surface area contributed by atoms with Crippen LogP contribution in [0.1, 0.15) is 31.6 Å². The van der Waals surface area contributed by atoms with Crippen LogP contribution in [0.4, 0.5) is 0 Å². The zero-order valence-corrected chi connectivity index (χ0v) is 12.3. The van der Waals surface area contributed by atoms with Gasteiger partial charge in [0.05, 0.1) is 6.54 Å². The molecule has 1 N–H and O–H groups in total. The molecule has 0 radical (unpaired) electrons. The lowest BCUT2D eigenvalue weighted by molar-refractivity contribution is -0.150. The topological polar surface area (TPSA) is 49.4 Å². The van der Waals surface area contributed by atoms with E-state index in [1.165, 1.54) is 4.88 Å². The van der Waals surface area contributed by atoms with Crippen LogP contribution in [0, 0.1) is 0 Å². The molecule has 19 heavy (non-hydrogen) atoms. The molecule has 0 saturated carbocycles. The van der Waals surface area contributed by atoms with Crippen LogP contribution < -0.4 is 5.32 Å². The van der Waals surface area contributed by atoms with Crippen molar-refractivity contribution in [3.8, 4) is 0 Å². The minimum absolute atomic E-state index is 0.0468. The average Bonchev–Trinajstić information content (AvgIpc) is 2.92. The fraction of sp³-hybridized carbons (Fsp3) is 0.571. The molecule has 4 nitrogen and oxygen atoms in total. The largest absolute Gasteiger partial charge is 0.340 e. The number of piperazine rings is 1. The lowest BCUT2D eigenvalue weighted by atomic mass is 9.89. The predicted molar refractivity (Wildman–Crippen MR) is 76.1 cm³/mol. The maximum atomic E-state index is 12.5. The van der Waals surface area contributed by atoms with Gasteiger partial charge in [0, 0.05) is 11.4 Å². The molecule has 0 spiro atoms. The van der Waals surface area contributed by atoms with Gasteiger partial charge in [0.25, 0.3) is 0 Å². The SMILES string of the molecule is CCC1(CC)NC(=O)CN(CCc2cccs2)C1=O. The van der Waals surface area contributed by atoms with Gasteiger partial charge in [-0.1, -0.05) is 19.9 Å². The summed E-state index contributed by atoms with van der Waals surface area (Å²) in [4.78, 5) is 27.3. The average molecular weight is 280 g/mol. The third-order valence-corrected chi connectivity index (χ3v) is 4.76. The summed E-state index contributed by atoms with van der Waals surface area (Å²) < 4.78 is 0. The number of nitrogens with zero attached hydrogens (tertiary/aromatic N) is 1. The number of hydrogen-bond donors (Lipinski definition) is 1.